The molecule has 20 heavy (non-hydrogen) atoms. The normalized spacial score (nSPS) is 10.7. The molecule has 1 heterocycles. The number of benzene rings is 1. The van der Waals surface area contributed by atoms with Gasteiger partial charge >= 0.3 is 0 Å². The number of hydrogen-bond donors (Lipinski definition) is 1. The molecule has 1 aromatic carbocycles. The van der Waals surface area contributed by atoms with Crippen molar-refractivity contribution < 1.29 is 4.52 Å². The number of nitrogens with zero attached hydrogens (tertiary/aromatic N) is 2. The molecule has 0 radical (unpaired) electrons. The van der Waals surface area contributed by atoms with Crippen LogP contribution in [0.5, 0.6) is 0 Å². The van der Waals surface area contributed by atoms with Crippen LogP contribution in [0.1, 0.15) is 44.9 Å². The van der Waals surface area contributed by atoms with E-state index < -0.39 is 0 Å². The molecule has 0 atom stereocenters. The molecule has 0 fully saturated rings. The van der Waals surface area contributed by atoms with Crippen molar-refractivity contribution in [3.05, 3.63) is 30.1 Å². The zero-order chi connectivity index (χ0) is 14.2. The Labute approximate surface area is 120 Å². The third-order valence-electron chi connectivity index (χ3n) is 3.28. The molecule has 0 bridgehead atoms. The summed E-state index contributed by atoms with van der Waals surface area (Å²) < 4.78 is 5.25. The summed E-state index contributed by atoms with van der Waals surface area (Å²) in [6.45, 7) is 5.05. The highest BCUT2D eigenvalue weighted by atomic mass is 16.5. The van der Waals surface area contributed by atoms with Crippen LogP contribution < -0.4 is 5.32 Å². The molecule has 1 aromatic heterocycles. The molecule has 0 unspecified atom stereocenters. The first kappa shape index (κ1) is 14.6. The van der Waals surface area contributed by atoms with Crippen LogP contribution in [-0.2, 0) is 0 Å². The van der Waals surface area contributed by atoms with Gasteiger partial charge in [-0.25, -0.2) is 0 Å². The predicted molar refractivity (Wildman–Crippen MR) is 81.7 cm³/mol. The molecule has 0 aliphatic heterocycles. The van der Waals surface area contributed by atoms with Crippen molar-refractivity contribution in [2.75, 3.05) is 11.9 Å². The molecule has 0 amide bonds. The van der Waals surface area contributed by atoms with E-state index in [4.69, 9.17) is 4.52 Å². The van der Waals surface area contributed by atoms with Crippen LogP contribution in [0.3, 0.4) is 0 Å². The number of nitrogens with one attached hydrogen (secondary N) is 1. The molecule has 4 heteroatoms. The lowest BCUT2D eigenvalue weighted by Gasteiger charge is -2.09. The summed E-state index contributed by atoms with van der Waals surface area (Å²) in [5.74, 6) is 1.24. The van der Waals surface area contributed by atoms with Crippen LogP contribution in [0.25, 0.3) is 11.5 Å². The summed E-state index contributed by atoms with van der Waals surface area (Å²) >= 11 is 0. The number of unbranched alkanes of at least 4 members (excludes halogenated alkanes) is 4. The fourth-order valence-electron chi connectivity index (χ4n) is 2.18. The Bertz CT molecular complexity index is 522. The highest BCUT2D eigenvalue weighted by molar-refractivity contribution is 5.72. The van der Waals surface area contributed by atoms with E-state index >= 15 is 0 Å². The van der Waals surface area contributed by atoms with E-state index in [0.717, 1.165) is 17.8 Å². The minimum absolute atomic E-state index is 0.580. The lowest BCUT2D eigenvalue weighted by molar-refractivity contribution is 0.426. The number of para-hydroxylation sites is 1. The Morgan fingerprint density at radius 3 is 2.65 bits per heavy atom. The molecule has 2 rings (SSSR count). The molecule has 0 saturated heterocycles. The monoisotopic (exact) mass is 273 g/mol. The molecule has 4 nitrogen and oxygen atoms in total. The zero-order valence-electron chi connectivity index (χ0n) is 12.4. The van der Waals surface area contributed by atoms with Crippen molar-refractivity contribution in [1.29, 1.82) is 0 Å². The van der Waals surface area contributed by atoms with Gasteiger partial charge in [-0.15, -0.1) is 0 Å². The molecule has 2 aromatic rings. The fourth-order valence-corrected chi connectivity index (χ4v) is 2.18. The lowest BCUT2D eigenvalue weighted by Crippen LogP contribution is -2.02. The number of anilines is 1. The summed E-state index contributed by atoms with van der Waals surface area (Å²) in [6, 6.07) is 8.07. The number of aromatic nitrogens is 2. The molecular weight excluding hydrogens is 250 g/mol. The molecule has 108 valence electrons. The van der Waals surface area contributed by atoms with Gasteiger partial charge in [0.25, 0.3) is 5.89 Å². The number of hydrogen-bond acceptors (Lipinski definition) is 4. The molecule has 0 aliphatic carbocycles. The highest BCUT2D eigenvalue weighted by Gasteiger charge is 2.10. The standard InChI is InChI=1S/C16H23N3O/c1-3-4-5-6-9-12-17-15-11-8-7-10-14(15)16-18-13(2)19-20-16/h7-8,10-11,17H,3-6,9,12H2,1-2H3. The predicted octanol–water partition coefficient (Wildman–Crippen LogP) is 4.43. The van der Waals surface area contributed by atoms with Gasteiger partial charge in [0.1, 0.15) is 0 Å². The summed E-state index contributed by atoms with van der Waals surface area (Å²) in [4.78, 5) is 4.29. The first-order chi connectivity index (χ1) is 9.81. The van der Waals surface area contributed by atoms with Crippen molar-refractivity contribution in [2.24, 2.45) is 0 Å². The van der Waals surface area contributed by atoms with Gasteiger partial charge in [-0.1, -0.05) is 49.9 Å². The quantitative estimate of drug-likeness (QED) is 0.723. The molecule has 0 aliphatic rings. The van der Waals surface area contributed by atoms with E-state index in [1.165, 1.54) is 32.1 Å². The molecular formula is C16H23N3O. The van der Waals surface area contributed by atoms with Gasteiger partial charge in [-0.05, 0) is 25.5 Å². The lowest BCUT2D eigenvalue weighted by atomic mass is 10.1. The van der Waals surface area contributed by atoms with Gasteiger partial charge in [-0.3, -0.25) is 0 Å². The maximum absolute atomic E-state index is 5.25. The molecule has 0 saturated carbocycles. The van der Waals surface area contributed by atoms with E-state index in [0.29, 0.717) is 11.7 Å². The van der Waals surface area contributed by atoms with Crippen molar-refractivity contribution in [3.63, 3.8) is 0 Å². The van der Waals surface area contributed by atoms with Gasteiger partial charge in [-0.2, -0.15) is 4.98 Å². The van der Waals surface area contributed by atoms with Crippen LogP contribution in [0, 0.1) is 6.92 Å². The Hall–Kier alpha value is -1.84. The van der Waals surface area contributed by atoms with Gasteiger partial charge in [0.05, 0.1) is 5.56 Å². The fraction of sp³-hybridized carbons (Fsp3) is 0.500. The molecule has 0 spiro atoms. The summed E-state index contributed by atoms with van der Waals surface area (Å²) in [7, 11) is 0. The SMILES string of the molecule is CCCCCCCNc1ccccc1-c1nc(C)no1. The van der Waals surface area contributed by atoms with E-state index in [-0.39, 0.29) is 0 Å². The van der Waals surface area contributed by atoms with Gasteiger partial charge < -0.3 is 9.84 Å². The summed E-state index contributed by atoms with van der Waals surface area (Å²) in [5, 5.41) is 7.32. The second-order valence-electron chi connectivity index (χ2n) is 5.03. The third kappa shape index (κ3) is 4.08. The summed E-state index contributed by atoms with van der Waals surface area (Å²) in [6.07, 6.45) is 6.41. The van der Waals surface area contributed by atoms with Crippen LogP contribution >= 0.6 is 0 Å². The van der Waals surface area contributed by atoms with Crippen molar-refractivity contribution in [2.45, 2.75) is 46.0 Å². The first-order valence-corrected chi connectivity index (χ1v) is 7.45. The second kappa shape index (κ2) is 7.68. The largest absolute Gasteiger partial charge is 0.384 e. The highest BCUT2D eigenvalue weighted by Crippen LogP contribution is 2.26. The van der Waals surface area contributed by atoms with E-state index in [9.17, 15) is 0 Å². The topological polar surface area (TPSA) is 51.0 Å². The third-order valence-corrected chi connectivity index (χ3v) is 3.28. The van der Waals surface area contributed by atoms with Crippen LogP contribution in [-0.4, -0.2) is 16.7 Å². The van der Waals surface area contributed by atoms with Crippen molar-refractivity contribution >= 4 is 5.69 Å². The smallest absolute Gasteiger partial charge is 0.260 e. The Balaban J connectivity index is 1.91. The Morgan fingerprint density at radius 2 is 1.90 bits per heavy atom. The van der Waals surface area contributed by atoms with Crippen LogP contribution in [0.4, 0.5) is 5.69 Å². The minimum atomic E-state index is 0.580. The minimum Gasteiger partial charge on any atom is -0.384 e. The average Bonchev–Trinajstić information content (AvgIpc) is 2.89. The Kier molecular flexibility index (Phi) is 5.59. The van der Waals surface area contributed by atoms with Crippen LogP contribution in [0.15, 0.2) is 28.8 Å². The summed E-state index contributed by atoms with van der Waals surface area (Å²) in [5.41, 5.74) is 2.04. The van der Waals surface area contributed by atoms with E-state index in [2.05, 4.69) is 28.4 Å². The molecule has 1 N–H and O–H groups in total. The number of rotatable bonds is 8. The van der Waals surface area contributed by atoms with E-state index in [1.807, 2.05) is 25.1 Å². The van der Waals surface area contributed by atoms with Crippen LogP contribution in [0.2, 0.25) is 0 Å². The Morgan fingerprint density at radius 1 is 1.10 bits per heavy atom. The first-order valence-electron chi connectivity index (χ1n) is 7.45. The van der Waals surface area contributed by atoms with Gasteiger partial charge in [0, 0.05) is 12.2 Å². The van der Waals surface area contributed by atoms with Crippen molar-refractivity contribution in [3.8, 4) is 11.5 Å². The van der Waals surface area contributed by atoms with Gasteiger partial charge in [0.15, 0.2) is 5.82 Å². The van der Waals surface area contributed by atoms with Crippen molar-refractivity contribution in [1.82, 2.24) is 10.1 Å². The second-order valence-corrected chi connectivity index (χ2v) is 5.03. The van der Waals surface area contributed by atoms with E-state index in [1.54, 1.807) is 0 Å². The average molecular weight is 273 g/mol. The maximum atomic E-state index is 5.25. The number of aryl methyl sites for hydroxylation is 1. The maximum Gasteiger partial charge on any atom is 0.260 e. The van der Waals surface area contributed by atoms with Gasteiger partial charge in [0.2, 0.25) is 0 Å². The zero-order valence-corrected chi connectivity index (χ0v) is 12.4.